The molecule has 0 spiro atoms. The van der Waals surface area contributed by atoms with Crippen molar-refractivity contribution in [3.63, 3.8) is 0 Å². The highest BCUT2D eigenvalue weighted by molar-refractivity contribution is 7.84. The van der Waals surface area contributed by atoms with Crippen molar-refractivity contribution in [1.29, 1.82) is 5.26 Å². The van der Waals surface area contributed by atoms with Gasteiger partial charge in [-0.15, -0.1) is 12.6 Å². The second-order valence-electron chi connectivity index (χ2n) is 4.58. The number of nitrogens with one attached hydrogen (secondary N) is 1. The predicted molar refractivity (Wildman–Crippen MR) is 82.3 cm³/mol. The molecule has 2 rings (SSSR count). The molecule has 0 fully saturated rings. The van der Waals surface area contributed by atoms with Gasteiger partial charge in [-0.05, 0) is 31.5 Å². The summed E-state index contributed by atoms with van der Waals surface area (Å²) in [7, 11) is 0. The van der Waals surface area contributed by atoms with Crippen LogP contribution in [0.2, 0.25) is 5.02 Å². The lowest BCUT2D eigenvalue weighted by atomic mass is 9.81. The van der Waals surface area contributed by atoms with Crippen LogP contribution in [0.5, 0.6) is 0 Å². The maximum Gasteiger partial charge on any atom is 0.158 e. The van der Waals surface area contributed by atoms with Crippen LogP contribution < -0.4 is 5.32 Å². The van der Waals surface area contributed by atoms with Crippen molar-refractivity contribution in [3.8, 4) is 6.07 Å². The van der Waals surface area contributed by atoms with Gasteiger partial charge >= 0.3 is 0 Å². The molecule has 0 unspecified atom stereocenters. The van der Waals surface area contributed by atoms with Gasteiger partial charge < -0.3 is 5.32 Å². The van der Waals surface area contributed by atoms with E-state index in [9.17, 15) is 10.1 Å². The van der Waals surface area contributed by atoms with E-state index in [0.29, 0.717) is 21.2 Å². The number of ketones is 1. The van der Waals surface area contributed by atoms with Gasteiger partial charge in [0.05, 0.1) is 22.6 Å². The molecule has 0 saturated carbocycles. The molecule has 0 aromatic heterocycles. The van der Waals surface area contributed by atoms with Gasteiger partial charge in [0.1, 0.15) is 0 Å². The molecule has 0 saturated heterocycles. The van der Waals surface area contributed by atoms with E-state index in [0.717, 1.165) is 11.3 Å². The van der Waals surface area contributed by atoms with E-state index in [1.54, 1.807) is 12.1 Å². The van der Waals surface area contributed by atoms with Crippen LogP contribution in [-0.2, 0) is 4.79 Å². The lowest BCUT2D eigenvalue weighted by Crippen LogP contribution is -2.26. The third kappa shape index (κ3) is 2.60. The molecule has 1 aromatic rings. The Morgan fingerprint density at radius 3 is 2.50 bits per heavy atom. The summed E-state index contributed by atoms with van der Waals surface area (Å²) < 4.78 is 0. The first kappa shape index (κ1) is 14.7. The van der Waals surface area contributed by atoms with Crippen molar-refractivity contribution in [3.05, 3.63) is 56.7 Å². The molecule has 5 heteroatoms. The summed E-state index contributed by atoms with van der Waals surface area (Å²) in [5.41, 5.74) is 2.60. The zero-order valence-electron chi connectivity index (χ0n) is 11.1. The lowest BCUT2D eigenvalue weighted by Gasteiger charge is -2.27. The number of dihydropyridines is 1. The van der Waals surface area contributed by atoms with E-state index in [4.69, 9.17) is 11.6 Å². The number of benzene rings is 1. The van der Waals surface area contributed by atoms with Crippen molar-refractivity contribution in [2.45, 2.75) is 19.8 Å². The average molecular weight is 305 g/mol. The second-order valence-corrected chi connectivity index (χ2v) is 5.46. The Kier molecular flexibility index (Phi) is 4.22. The summed E-state index contributed by atoms with van der Waals surface area (Å²) in [5.74, 6) is -0.466. The highest BCUT2D eigenvalue weighted by atomic mass is 35.5. The lowest BCUT2D eigenvalue weighted by molar-refractivity contribution is -0.113. The Morgan fingerprint density at radius 1 is 1.40 bits per heavy atom. The minimum absolute atomic E-state index is 0.0662. The second kappa shape index (κ2) is 5.74. The first-order valence-corrected chi connectivity index (χ1v) is 6.85. The molecule has 0 bridgehead atoms. The van der Waals surface area contributed by atoms with Crippen molar-refractivity contribution < 1.29 is 4.79 Å². The molecule has 1 heterocycles. The average Bonchev–Trinajstić information content (AvgIpc) is 2.38. The van der Waals surface area contributed by atoms with Gasteiger partial charge in [-0.1, -0.05) is 23.7 Å². The number of halogens is 1. The van der Waals surface area contributed by atoms with E-state index in [1.165, 1.54) is 6.92 Å². The maximum absolute atomic E-state index is 11.9. The zero-order chi connectivity index (χ0) is 14.9. The molecule has 0 aliphatic carbocycles. The van der Waals surface area contributed by atoms with Gasteiger partial charge in [0.25, 0.3) is 0 Å². The van der Waals surface area contributed by atoms with Crippen molar-refractivity contribution in [2.75, 3.05) is 0 Å². The molecule has 3 nitrogen and oxygen atoms in total. The minimum atomic E-state index is -0.400. The number of Topliss-reactive ketones (excluding diaryl/α,β-unsaturated/α-hetero) is 1. The number of allylic oxidation sites excluding steroid dienone is 3. The summed E-state index contributed by atoms with van der Waals surface area (Å²) in [6, 6.07) is 9.29. The number of nitrogens with zero attached hydrogens (tertiary/aromatic N) is 1. The maximum atomic E-state index is 11.9. The highest BCUT2D eigenvalue weighted by Gasteiger charge is 2.31. The molecule has 1 atom stereocenters. The molecule has 1 aromatic carbocycles. The molecule has 0 amide bonds. The Labute approximate surface area is 128 Å². The quantitative estimate of drug-likeness (QED) is 0.822. The largest absolute Gasteiger partial charge is 0.353 e. The number of hydrogen-bond donors (Lipinski definition) is 2. The van der Waals surface area contributed by atoms with Gasteiger partial charge in [0, 0.05) is 16.3 Å². The van der Waals surface area contributed by atoms with Gasteiger partial charge in [0.2, 0.25) is 0 Å². The van der Waals surface area contributed by atoms with Crippen LogP contribution >= 0.6 is 24.2 Å². The first-order chi connectivity index (χ1) is 9.45. The van der Waals surface area contributed by atoms with Crippen molar-refractivity contribution in [1.82, 2.24) is 5.32 Å². The fraction of sp³-hybridized carbons (Fsp3) is 0.200. The number of thiol groups is 1. The van der Waals surface area contributed by atoms with E-state index < -0.39 is 5.92 Å². The fourth-order valence-electron chi connectivity index (χ4n) is 2.38. The highest BCUT2D eigenvalue weighted by Crippen LogP contribution is 2.39. The van der Waals surface area contributed by atoms with Crippen LogP contribution in [-0.4, -0.2) is 5.78 Å². The molecule has 1 aliphatic heterocycles. The van der Waals surface area contributed by atoms with Crippen LogP contribution in [0.4, 0.5) is 0 Å². The number of rotatable bonds is 2. The van der Waals surface area contributed by atoms with Gasteiger partial charge in [-0.25, -0.2) is 0 Å². The molecule has 1 N–H and O–H groups in total. The molecular formula is C15H13ClN2OS. The van der Waals surface area contributed by atoms with Crippen LogP contribution in [0.3, 0.4) is 0 Å². The normalized spacial score (nSPS) is 18.6. The van der Waals surface area contributed by atoms with Gasteiger partial charge in [-0.2, -0.15) is 5.26 Å². The number of carbonyl (C=O) groups is 1. The Morgan fingerprint density at radius 2 is 2.00 bits per heavy atom. The summed E-state index contributed by atoms with van der Waals surface area (Å²) in [5, 5.41) is 13.4. The van der Waals surface area contributed by atoms with Crippen LogP contribution in [0.15, 0.2) is 46.1 Å². The Balaban J connectivity index is 2.64. The SMILES string of the molecule is CC(=O)C1=C(C)NC(S)=C(C#N)[C@H]1c1ccc(Cl)cc1. The number of hydrogen-bond acceptors (Lipinski definition) is 4. The summed E-state index contributed by atoms with van der Waals surface area (Å²) in [6.07, 6.45) is 0. The summed E-state index contributed by atoms with van der Waals surface area (Å²) >= 11 is 10.2. The molecule has 102 valence electrons. The Hall–Kier alpha value is -1.70. The molecule has 1 aliphatic rings. The van der Waals surface area contributed by atoms with Crippen LogP contribution in [0.25, 0.3) is 0 Å². The van der Waals surface area contributed by atoms with Crippen molar-refractivity contribution >= 4 is 30.0 Å². The third-order valence-electron chi connectivity index (χ3n) is 3.25. The number of carbonyl (C=O) groups excluding carboxylic acids is 1. The van der Waals surface area contributed by atoms with Gasteiger partial charge in [-0.3, -0.25) is 4.79 Å². The smallest absolute Gasteiger partial charge is 0.158 e. The van der Waals surface area contributed by atoms with Gasteiger partial charge in [0.15, 0.2) is 5.78 Å². The van der Waals surface area contributed by atoms with Crippen molar-refractivity contribution in [2.24, 2.45) is 0 Å². The standard InChI is InChI=1S/C15H13ClN2OS/c1-8-13(9(2)19)14(12(7-17)15(20)18-8)10-3-5-11(16)6-4-10/h3-6,14,18,20H,1-2H3/t14-/m1/s1. The van der Waals surface area contributed by atoms with E-state index in [1.807, 2.05) is 19.1 Å². The first-order valence-electron chi connectivity index (χ1n) is 6.03. The third-order valence-corrected chi connectivity index (χ3v) is 3.85. The summed E-state index contributed by atoms with van der Waals surface area (Å²) in [4.78, 5) is 11.9. The zero-order valence-corrected chi connectivity index (χ0v) is 12.7. The minimum Gasteiger partial charge on any atom is -0.353 e. The van der Waals surface area contributed by atoms with E-state index in [-0.39, 0.29) is 5.78 Å². The van der Waals surface area contributed by atoms with E-state index >= 15 is 0 Å². The Bertz CT molecular complexity index is 668. The monoisotopic (exact) mass is 304 g/mol. The fourth-order valence-corrected chi connectivity index (χ4v) is 2.86. The number of nitriles is 1. The molecule has 0 radical (unpaired) electrons. The van der Waals surface area contributed by atoms with E-state index in [2.05, 4.69) is 24.0 Å². The van der Waals surface area contributed by atoms with Crippen LogP contribution in [0.1, 0.15) is 25.3 Å². The topological polar surface area (TPSA) is 52.9 Å². The van der Waals surface area contributed by atoms with Crippen LogP contribution in [0, 0.1) is 11.3 Å². The predicted octanol–water partition coefficient (Wildman–Crippen LogP) is 3.55. The molecule has 20 heavy (non-hydrogen) atoms. The molecular weight excluding hydrogens is 292 g/mol. The summed E-state index contributed by atoms with van der Waals surface area (Å²) in [6.45, 7) is 3.31.